The molecule has 0 saturated heterocycles. The predicted molar refractivity (Wildman–Crippen MR) is 94.6 cm³/mol. The van der Waals surface area contributed by atoms with Crippen LogP contribution in [0.3, 0.4) is 0 Å². The van der Waals surface area contributed by atoms with Crippen molar-refractivity contribution in [2.24, 2.45) is 0 Å². The Balaban J connectivity index is 2.00. The molecule has 0 aliphatic carbocycles. The zero-order chi connectivity index (χ0) is 15.8. The van der Waals surface area contributed by atoms with Crippen molar-refractivity contribution in [3.63, 3.8) is 0 Å². The molecule has 0 spiro atoms. The lowest BCUT2D eigenvalue weighted by atomic mass is 10.1. The largest absolute Gasteiger partial charge is 0.488 e. The number of hydrogen-bond acceptors (Lipinski definition) is 2. The molecular formula is C18H20BrClO2. The van der Waals surface area contributed by atoms with E-state index in [0.717, 1.165) is 27.8 Å². The Hall–Kier alpha value is -1.03. The molecule has 4 heteroatoms. The van der Waals surface area contributed by atoms with E-state index in [9.17, 15) is 0 Å². The maximum Gasteiger partial charge on any atom is 0.134 e. The van der Waals surface area contributed by atoms with Crippen LogP contribution in [-0.4, -0.2) is 12.5 Å². The summed E-state index contributed by atoms with van der Waals surface area (Å²) in [7, 11) is 0. The standard InChI is InChI=1S/C18H20BrClO2/c1-14(21-11-5-10-20)16-8-9-17(19)18(12-16)22-13-15-6-3-2-4-7-15/h2-4,6-9,12,14H,5,10-11,13H2,1H3. The molecule has 0 bridgehead atoms. The zero-order valence-corrected chi connectivity index (χ0v) is 14.9. The van der Waals surface area contributed by atoms with Crippen molar-refractivity contribution in [2.75, 3.05) is 12.5 Å². The first-order valence-electron chi connectivity index (χ1n) is 7.34. The van der Waals surface area contributed by atoms with Crippen LogP contribution in [-0.2, 0) is 11.3 Å². The highest BCUT2D eigenvalue weighted by Crippen LogP contribution is 2.30. The highest BCUT2D eigenvalue weighted by Gasteiger charge is 2.10. The van der Waals surface area contributed by atoms with E-state index in [-0.39, 0.29) is 6.10 Å². The van der Waals surface area contributed by atoms with Crippen molar-refractivity contribution >= 4 is 27.5 Å². The highest BCUT2D eigenvalue weighted by molar-refractivity contribution is 9.10. The van der Waals surface area contributed by atoms with Gasteiger partial charge in [-0.1, -0.05) is 36.4 Å². The van der Waals surface area contributed by atoms with Crippen LogP contribution in [0.1, 0.15) is 30.6 Å². The zero-order valence-electron chi connectivity index (χ0n) is 12.6. The molecule has 0 amide bonds. The summed E-state index contributed by atoms with van der Waals surface area (Å²) in [6, 6.07) is 16.2. The van der Waals surface area contributed by atoms with Gasteiger partial charge in [0.25, 0.3) is 0 Å². The van der Waals surface area contributed by atoms with Crippen LogP contribution in [0.2, 0.25) is 0 Å². The van der Waals surface area contributed by atoms with Crippen molar-refractivity contribution in [1.82, 2.24) is 0 Å². The molecule has 0 N–H and O–H groups in total. The molecule has 1 atom stereocenters. The molecule has 0 aliphatic heterocycles. The monoisotopic (exact) mass is 382 g/mol. The fourth-order valence-electron chi connectivity index (χ4n) is 2.03. The molecule has 1 unspecified atom stereocenters. The first-order chi connectivity index (χ1) is 10.7. The summed E-state index contributed by atoms with van der Waals surface area (Å²) in [6.07, 6.45) is 0.884. The summed E-state index contributed by atoms with van der Waals surface area (Å²) in [6.45, 7) is 3.25. The van der Waals surface area contributed by atoms with E-state index in [0.29, 0.717) is 19.1 Å². The Morgan fingerprint density at radius 2 is 1.91 bits per heavy atom. The Labute approximate surface area is 145 Å². The Bertz CT molecular complexity index is 575. The first-order valence-corrected chi connectivity index (χ1v) is 8.67. The lowest BCUT2D eigenvalue weighted by molar-refractivity contribution is 0.0664. The Kier molecular flexibility index (Phi) is 7.23. The molecule has 0 saturated carbocycles. The van der Waals surface area contributed by atoms with Crippen molar-refractivity contribution in [3.05, 3.63) is 64.1 Å². The number of halogens is 2. The van der Waals surface area contributed by atoms with Crippen molar-refractivity contribution in [2.45, 2.75) is 26.1 Å². The third kappa shape index (κ3) is 5.31. The van der Waals surface area contributed by atoms with Crippen LogP contribution in [0.4, 0.5) is 0 Å². The lowest BCUT2D eigenvalue weighted by Crippen LogP contribution is -2.03. The van der Waals surface area contributed by atoms with Gasteiger partial charge in [0.1, 0.15) is 12.4 Å². The normalized spacial score (nSPS) is 12.1. The number of hydrogen-bond donors (Lipinski definition) is 0. The third-order valence-corrected chi connectivity index (χ3v) is 4.23. The quantitative estimate of drug-likeness (QED) is 0.428. The van der Waals surface area contributed by atoms with Crippen molar-refractivity contribution in [1.29, 1.82) is 0 Å². The molecule has 0 heterocycles. The second kappa shape index (κ2) is 9.19. The van der Waals surface area contributed by atoms with Gasteiger partial charge in [-0.05, 0) is 52.5 Å². The minimum atomic E-state index is 0.0235. The number of benzene rings is 2. The molecule has 2 rings (SSSR count). The second-order valence-electron chi connectivity index (χ2n) is 5.02. The number of alkyl halides is 1. The maximum absolute atomic E-state index is 5.92. The third-order valence-electron chi connectivity index (χ3n) is 3.31. The topological polar surface area (TPSA) is 18.5 Å². The van der Waals surface area contributed by atoms with Crippen LogP contribution < -0.4 is 4.74 Å². The van der Waals surface area contributed by atoms with E-state index >= 15 is 0 Å². The average Bonchev–Trinajstić information content (AvgIpc) is 2.55. The molecular weight excluding hydrogens is 364 g/mol. The van der Waals surface area contributed by atoms with E-state index in [1.54, 1.807) is 0 Å². The van der Waals surface area contributed by atoms with E-state index in [1.807, 2.05) is 43.3 Å². The summed E-state index contributed by atoms with van der Waals surface area (Å²) in [5.74, 6) is 1.45. The Morgan fingerprint density at radius 1 is 1.14 bits per heavy atom. The van der Waals surface area contributed by atoms with Crippen LogP contribution in [0.25, 0.3) is 0 Å². The summed E-state index contributed by atoms with van der Waals surface area (Å²) in [4.78, 5) is 0. The molecule has 0 aromatic heterocycles. The van der Waals surface area contributed by atoms with E-state index in [1.165, 1.54) is 0 Å². The van der Waals surface area contributed by atoms with Crippen molar-refractivity contribution < 1.29 is 9.47 Å². The Morgan fingerprint density at radius 3 is 2.64 bits per heavy atom. The average molecular weight is 384 g/mol. The van der Waals surface area contributed by atoms with Gasteiger partial charge in [-0.2, -0.15) is 0 Å². The molecule has 2 nitrogen and oxygen atoms in total. The van der Waals surface area contributed by atoms with Gasteiger partial charge >= 0.3 is 0 Å². The molecule has 2 aromatic carbocycles. The van der Waals surface area contributed by atoms with Gasteiger partial charge in [0.15, 0.2) is 0 Å². The van der Waals surface area contributed by atoms with Gasteiger partial charge in [0.2, 0.25) is 0 Å². The fourth-order valence-corrected chi connectivity index (χ4v) is 2.50. The molecule has 22 heavy (non-hydrogen) atoms. The van der Waals surface area contributed by atoms with Crippen LogP contribution in [0.5, 0.6) is 5.75 Å². The first kappa shape index (κ1) is 17.3. The lowest BCUT2D eigenvalue weighted by Gasteiger charge is -2.15. The molecule has 0 radical (unpaired) electrons. The molecule has 0 aliphatic rings. The fraction of sp³-hybridized carbons (Fsp3) is 0.333. The smallest absolute Gasteiger partial charge is 0.134 e. The predicted octanol–water partition coefficient (Wildman–Crippen LogP) is 5.73. The summed E-state index contributed by atoms with van der Waals surface area (Å²) < 4.78 is 12.6. The van der Waals surface area contributed by atoms with E-state index in [4.69, 9.17) is 21.1 Å². The van der Waals surface area contributed by atoms with Crippen LogP contribution >= 0.6 is 27.5 Å². The molecule has 0 fully saturated rings. The van der Waals surface area contributed by atoms with Crippen LogP contribution in [0, 0.1) is 0 Å². The van der Waals surface area contributed by atoms with E-state index < -0.39 is 0 Å². The van der Waals surface area contributed by atoms with Crippen LogP contribution in [0.15, 0.2) is 53.0 Å². The van der Waals surface area contributed by atoms with Gasteiger partial charge in [-0.25, -0.2) is 0 Å². The summed E-state index contributed by atoms with van der Waals surface area (Å²) in [5, 5.41) is 0. The minimum absolute atomic E-state index is 0.0235. The second-order valence-corrected chi connectivity index (χ2v) is 6.25. The number of rotatable bonds is 8. The maximum atomic E-state index is 5.92. The SMILES string of the molecule is CC(OCCCCl)c1ccc(Br)c(OCc2ccccc2)c1. The van der Waals surface area contributed by atoms with Gasteiger partial charge in [0.05, 0.1) is 10.6 Å². The van der Waals surface area contributed by atoms with Gasteiger partial charge in [-0.15, -0.1) is 11.6 Å². The number of ether oxygens (including phenoxy) is 2. The molecule has 118 valence electrons. The minimum Gasteiger partial charge on any atom is -0.488 e. The van der Waals surface area contributed by atoms with Crippen molar-refractivity contribution in [3.8, 4) is 5.75 Å². The summed E-state index contributed by atoms with van der Waals surface area (Å²) >= 11 is 9.20. The van der Waals surface area contributed by atoms with Gasteiger partial charge < -0.3 is 9.47 Å². The highest BCUT2D eigenvalue weighted by atomic mass is 79.9. The van der Waals surface area contributed by atoms with Gasteiger partial charge in [0, 0.05) is 12.5 Å². The van der Waals surface area contributed by atoms with Gasteiger partial charge in [-0.3, -0.25) is 0 Å². The van der Waals surface area contributed by atoms with E-state index in [2.05, 4.69) is 28.1 Å². The summed E-state index contributed by atoms with van der Waals surface area (Å²) in [5.41, 5.74) is 2.24. The molecule has 2 aromatic rings.